The normalized spacial score (nSPS) is 11.7. The summed E-state index contributed by atoms with van der Waals surface area (Å²) in [5.74, 6) is 0.506. The predicted molar refractivity (Wildman–Crippen MR) is 62.7 cm³/mol. The van der Waals surface area contributed by atoms with Gasteiger partial charge < -0.3 is 15.4 Å². The lowest BCUT2D eigenvalue weighted by molar-refractivity contribution is -0.122. The van der Waals surface area contributed by atoms with Crippen LogP contribution in [0, 0.1) is 0 Å². The van der Waals surface area contributed by atoms with Crippen LogP contribution in [-0.4, -0.2) is 46.5 Å². The van der Waals surface area contributed by atoms with Crippen LogP contribution in [0.4, 0.5) is 4.79 Å². The lowest BCUT2D eigenvalue weighted by Crippen LogP contribution is -2.45. The molecule has 100 valence electrons. The number of ether oxygens (including phenoxy) is 1. The maximum absolute atomic E-state index is 11.6. The predicted octanol–water partition coefficient (Wildman–Crippen LogP) is -0.782. The monoisotopic (exact) mass is 255 g/mol. The van der Waals surface area contributed by atoms with Crippen LogP contribution in [0.5, 0.6) is 0 Å². The molecule has 0 radical (unpaired) electrons. The fourth-order valence-corrected chi connectivity index (χ4v) is 1.30. The molecule has 0 aliphatic carbocycles. The summed E-state index contributed by atoms with van der Waals surface area (Å²) < 4.78 is 6.04. The van der Waals surface area contributed by atoms with Crippen LogP contribution >= 0.6 is 0 Å². The van der Waals surface area contributed by atoms with Crippen molar-refractivity contribution in [3.8, 4) is 0 Å². The van der Waals surface area contributed by atoms with Gasteiger partial charge in [0.1, 0.15) is 18.2 Å². The minimum absolute atomic E-state index is 0.275. The summed E-state index contributed by atoms with van der Waals surface area (Å²) in [6.45, 7) is 2.01. The second-order valence-corrected chi connectivity index (χ2v) is 3.70. The fourth-order valence-electron chi connectivity index (χ4n) is 1.30. The first-order valence-corrected chi connectivity index (χ1v) is 5.49. The van der Waals surface area contributed by atoms with Gasteiger partial charge in [-0.2, -0.15) is 5.10 Å². The molecule has 2 N–H and O–H groups in total. The fraction of sp³-hybridized carbons (Fsp3) is 0.600. The van der Waals surface area contributed by atoms with Crippen molar-refractivity contribution in [2.24, 2.45) is 7.05 Å². The molecule has 18 heavy (non-hydrogen) atoms. The summed E-state index contributed by atoms with van der Waals surface area (Å²) in [5.41, 5.74) is 0. The topological polar surface area (TPSA) is 98.1 Å². The molecule has 0 fully saturated rings. The SMILES string of the molecule is COC(=O)NC(C)C(=O)NCCc1ncnn1C. The Morgan fingerprint density at radius 3 is 2.83 bits per heavy atom. The Balaban J connectivity index is 2.29. The Morgan fingerprint density at radius 1 is 1.56 bits per heavy atom. The summed E-state index contributed by atoms with van der Waals surface area (Å²) in [6.07, 6.45) is 1.40. The van der Waals surface area contributed by atoms with E-state index in [1.165, 1.54) is 13.4 Å². The molecule has 1 rings (SSSR count). The highest BCUT2D eigenvalue weighted by Crippen LogP contribution is 1.91. The molecule has 0 aromatic carbocycles. The summed E-state index contributed by atoms with van der Waals surface area (Å²) in [5, 5.41) is 8.98. The number of alkyl carbamates (subject to hydrolysis) is 1. The number of carbonyl (C=O) groups is 2. The lowest BCUT2D eigenvalue weighted by Gasteiger charge is -2.12. The van der Waals surface area contributed by atoms with E-state index in [2.05, 4.69) is 25.5 Å². The van der Waals surface area contributed by atoms with Crippen molar-refractivity contribution in [3.63, 3.8) is 0 Å². The van der Waals surface area contributed by atoms with E-state index < -0.39 is 12.1 Å². The van der Waals surface area contributed by atoms with Gasteiger partial charge in [-0.05, 0) is 6.92 Å². The quantitative estimate of drug-likeness (QED) is 0.719. The number of nitrogens with zero attached hydrogens (tertiary/aromatic N) is 3. The smallest absolute Gasteiger partial charge is 0.407 e. The van der Waals surface area contributed by atoms with E-state index in [-0.39, 0.29) is 5.91 Å². The average molecular weight is 255 g/mol. The van der Waals surface area contributed by atoms with Crippen LogP contribution in [0.1, 0.15) is 12.7 Å². The molecule has 0 saturated heterocycles. The van der Waals surface area contributed by atoms with E-state index in [4.69, 9.17) is 0 Å². The lowest BCUT2D eigenvalue weighted by atomic mass is 10.3. The molecular formula is C10H17N5O3. The first-order valence-electron chi connectivity index (χ1n) is 5.49. The van der Waals surface area contributed by atoms with Crippen LogP contribution in [0.3, 0.4) is 0 Å². The van der Waals surface area contributed by atoms with Gasteiger partial charge in [-0.15, -0.1) is 0 Å². The molecule has 1 unspecified atom stereocenters. The van der Waals surface area contributed by atoms with Gasteiger partial charge in [0, 0.05) is 20.0 Å². The van der Waals surface area contributed by atoms with E-state index in [0.29, 0.717) is 13.0 Å². The van der Waals surface area contributed by atoms with Crippen molar-refractivity contribution in [1.29, 1.82) is 0 Å². The molecule has 1 aromatic heterocycles. The molecule has 8 nitrogen and oxygen atoms in total. The number of carbonyl (C=O) groups excluding carboxylic acids is 2. The molecule has 0 aliphatic heterocycles. The zero-order chi connectivity index (χ0) is 13.5. The Hall–Kier alpha value is -2.12. The first-order chi connectivity index (χ1) is 8.54. The van der Waals surface area contributed by atoms with Crippen molar-refractivity contribution >= 4 is 12.0 Å². The number of nitrogens with one attached hydrogen (secondary N) is 2. The third-order valence-electron chi connectivity index (χ3n) is 2.37. The van der Waals surface area contributed by atoms with Crippen LogP contribution < -0.4 is 10.6 Å². The minimum Gasteiger partial charge on any atom is -0.453 e. The number of rotatable bonds is 5. The van der Waals surface area contributed by atoms with Crippen molar-refractivity contribution in [1.82, 2.24) is 25.4 Å². The zero-order valence-electron chi connectivity index (χ0n) is 10.6. The number of aryl methyl sites for hydroxylation is 1. The molecule has 1 heterocycles. The number of hydrogen-bond donors (Lipinski definition) is 2. The Morgan fingerprint density at radius 2 is 2.28 bits per heavy atom. The van der Waals surface area contributed by atoms with E-state index in [0.717, 1.165) is 5.82 Å². The minimum atomic E-state index is -0.642. The highest BCUT2D eigenvalue weighted by molar-refractivity contribution is 5.85. The van der Waals surface area contributed by atoms with Gasteiger partial charge in [-0.3, -0.25) is 9.48 Å². The van der Waals surface area contributed by atoms with Gasteiger partial charge in [-0.1, -0.05) is 0 Å². The van der Waals surface area contributed by atoms with Crippen LogP contribution in [0.15, 0.2) is 6.33 Å². The van der Waals surface area contributed by atoms with Gasteiger partial charge >= 0.3 is 6.09 Å². The molecule has 0 saturated carbocycles. The molecule has 0 aliphatic rings. The van der Waals surface area contributed by atoms with Crippen molar-refractivity contribution < 1.29 is 14.3 Å². The maximum atomic E-state index is 11.6. The second-order valence-electron chi connectivity index (χ2n) is 3.70. The number of hydrogen-bond acceptors (Lipinski definition) is 5. The standard InChI is InChI=1S/C10H17N5O3/c1-7(14-10(17)18-3)9(16)11-5-4-8-12-6-13-15(8)2/h6-7H,4-5H2,1-3H3,(H,11,16)(H,14,17). The summed E-state index contributed by atoms with van der Waals surface area (Å²) >= 11 is 0. The third kappa shape index (κ3) is 4.04. The van der Waals surface area contributed by atoms with Gasteiger partial charge in [0.15, 0.2) is 0 Å². The van der Waals surface area contributed by atoms with Crippen molar-refractivity contribution in [3.05, 3.63) is 12.2 Å². The van der Waals surface area contributed by atoms with Gasteiger partial charge in [0.25, 0.3) is 0 Å². The second kappa shape index (κ2) is 6.58. The molecule has 1 atom stereocenters. The summed E-state index contributed by atoms with van der Waals surface area (Å²) in [6, 6.07) is -0.642. The summed E-state index contributed by atoms with van der Waals surface area (Å²) in [4.78, 5) is 26.5. The van der Waals surface area contributed by atoms with Gasteiger partial charge in [-0.25, -0.2) is 9.78 Å². The molecule has 0 spiro atoms. The maximum Gasteiger partial charge on any atom is 0.407 e. The van der Waals surface area contributed by atoms with Crippen LogP contribution in [0.25, 0.3) is 0 Å². The van der Waals surface area contributed by atoms with E-state index >= 15 is 0 Å². The number of aromatic nitrogens is 3. The summed E-state index contributed by atoms with van der Waals surface area (Å²) in [7, 11) is 3.03. The van der Waals surface area contributed by atoms with Crippen LogP contribution in [-0.2, 0) is 23.0 Å². The highest BCUT2D eigenvalue weighted by atomic mass is 16.5. The van der Waals surface area contributed by atoms with Crippen molar-refractivity contribution in [2.45, 2.75) is 19.4 Å². The van der Waals surface area contributed by atoms with Crippen LogP contribution in [0.2, 0.25) is 0 Å². The van der Waals surface area contributed by atoms with Gasteiger partial charge in [0.05, 0.1) is 7.11 Å². The molecule has 2 amide bonds. The first kappa shape index (κ1) is 13.9. The molecule has 8 heteroatoms. The molecule has 0 bridgehead atoms. The Labute approximate surface area is 105 Å². The van der Waals surface area contributed by atoms with Gasteiger partial charge in [0.2, 0.25) is 5.91 Å². The number of amides is 2. The van der Waals surface area contributed by atoms with Crippen molar-refractivity contribution in [2.75, 3.05) is 13.7 Å². The van der Waals surface area contributed by atoms with E-state index in [1.807, 2.05) is 0 Å². The Bertz CT molecular complexity index is 417. The third-order valence-corrected chi connectivity index (χ3v) is 2.37. The molecule has 1 aromatic rings. The number of methoxy groups -OCH3 is 1. The van der Waals surface area contributed by atoms with E-state index in [9.17, 15) is 9.59 Å². The average Bonchev–Trinajstić information content (AvgIpc) is 2.74. The molecular weight excluding hydrogens is 238 g/mol. The Kier molecular flexibility index (Phi) is 5.09. The largest absolute Gasteiger partial charge is 0.453 e. The zero-order valence-corrected chi connectivity index (χ0v) is 10.6. The van der Waals surface area contributed by atoms with E-state index in [1.54, 1.807) is 18.7 Å². The highest BCUT2D eigenvalue weighted by Gasteiger charge is 2.15.